The number of nitrogens with two attached hydrogens (primary N) is 1. The Balaban J connectivity index is 1.83. The number of rotatable bonds is 10. The molecule has 0 saturated heterocycles. The van der Waals surface area contributed by atoms with Crippen molar-refractivity contribution in [2.45, 2.75) is 26.3 Å². The van der Waals surface area contributed by atoms with E-state index in [4.69, 9.17) is 19.9 Å². The summed E-state index contributed by atoms with van der Waals surface area (Å²) in [6, 6.07) is 13.8. The Kier molecular flexibility index (Phi) is 8.29. The molecule has 2 aromatic carbocycles. The molecule has 27 heavy (non-hydrogen) atoms. The molecule has 0 fully saturated rings. The standard InChI is InChI=1S/C21H29N3O3/c1-4-13-27-19-10-7-17(14-20(19)26-3)15-24-21(22)23-12-11-16-5-8-18(25-2)9-6-16/h5-10,14H,4,11-13,15H2,1-3H3,(H3,22,23,24). The van der Waals surface area contributed by atoms with E-state index < -0.39 is 0 Å². The van der Waals surface area contributed by atoms with Gasteiger partial charge < -0.3 is 25.3 Å². The van der Waals surface area contributed by atoms with E-state index in [-0.39, 0.29) is 0 Å². The second-order valence-electron chi connectivity index (χ2n) is 6.06. The van der Waals surface area contributed by atoms with Gasteiger partial charge in [0.25, 0.3) is 0 Å². The SMILES string of the molecule is CCCOc1ccc(CN=C(N)NCCc2ccc(OC)cc2)cc1OC. The molecule has 2 rings (SSSR count). The zero-order valence-corrected chi connectivity index (χ0v) is 16.3. The summed E-state index contributed by atoms with van der Waals surface area (Å²) in [5, 5.41) is 3.14. The van der Waals surface area contributed by atoms with Gasteiger partial charge in [-0.05, 0) is 48.2 Å². The molecule has 0 atom stereocenters. The van der Waals surface area contributed by atoms with Crippen LogP contribution in [0.5, 0.6) is 17.2 Å². The second-order valence-corrected chi connectivity index (χ2v) is 6.06. The van der Waals surface area contributed by atoms with Crippen molar-refractivity contribution >= 4 is 5.96 Å². The van der Waals surface area contributed by atoms with Crippen LogP contribution in [0.1, 0.15) is 24.5 Å². The van der Waals surface area contributed by atoms with Gasteiger partial charge in [0.15, 0.2) is 17.5 Å². The summed E-state index contributed by atoms with van der Waals surface area (Å²) < 4.78 is 16.2. The summed E-state index contributed by atoms with van der Waals surface area (Å²) in [5.74, 6) is 2.74. The minimum Gasteiger partial charge on any atom is -0.497 e. The number of aliphatic imine (C=N–C) groups is 1. The van der Waals surface area contributed by atoms with Gasteiger partial charge in [0.1, 0.15) is 5.75 Å². The fourth-order valence-electron chi connectivity index (χ4n) is 2.50. The Bertz CT molecular complexity index is 730. The molecule has 0 aliphatic rings. The molecule has 0 unspecified atom stereocenters. The number of ether oxygens (including phenoxy) is 3. The van der Waals surface area contributed by atoms with Gasteiger partial charge >= 0.3 is 0 Å². The highest BCUT2D eigenvalue weighted by Crippen LogP contribution is 2.28. The van der Waals surface area contributed by atoms with Crippen LogP contribution >= 0.6 is 0 Å². The highest BCUT2D eigenvalue weighted by Gasteiger charge is 2.05. The first-order valence-electron chi connectivity index (χ1n) is 9.12. The average molecular weight is 371 g/mol. The van der Waals surface area contributed by atoms with Crippen molar-refractivity contribution in [3.8, 4) is 17.2 Å². The number of methoxy groups -OCH3 is 2. The minimum atomic E-state index is 0.425. The topological polar surface area (TPSA) is 78.1 Å². The van der Waals surface area contributed by atoms with Crippen molar-refractivity contribution in [1.82, 2.24) is 5.32 Å². The Hall–Kier alpha value is -2.89. The highest BCUT2D eigenvalue weighted by atomic mass is 16.5. The van der Waals surface area contributed by atoms with Crippen LogP contribution in [0, 0.1) is 0 Å². The Morgan fingerprint density at radius 2 is 1.74 bits per heavy atom. The lowest BCUT2D eigenvalue weighted by Gasteiger charge is -2.11. The lowest BCUT2D eigenvalue weighted by Crippen LogP contribution is -2.33. The van der Waals surface area contributed by atoms with Crippen molar-refractivity contribution in [2.75, 3.05) is 27.4 Å². The van der Waals surface area contributed by atoms with Gasteiger partial charge in [0.05, 0.1) is 27.4 Å². The molecule has 0 aliphatic carbocycles. The molecule has 0 amide bonds. The predicted molar refractivity (Wildman–Crippen MR) is 109 cm³/mol. The molecule has 0 radical (unpaired) electrons. The number of nitrogens with one attached hydrogen (secondary N) is 1. The van der Waals surface area contributed by atoms with E-state index in [0.29, 0.717) is 24.9 Å². The predicted octanol–water partition coefficient (Wildman–Crippen LogP) is 3.14. The fourth-order valence-corrected chi connectivity index (χ4v) is 2.50. The molecule has 6 heteroatoms. The number of nitrogens with zero attached hydrogens (tertiary/aromatic N) is 1. The van der Waals surface area contributed by atoms with Crippen molar-refractivity contribution in [2.24, 2.45) is 10.7 Å². The summed E-state index contributed by atoms with van der Waals surface area (Å²) in [7, 11) is 3.30. The zero-order chi connectivity index (χ0) is 19.5. The number of hydrogen-bond acceptors (Lipinski definition) is 4. The van der Waals surface area contributed by atoms with Crippen molar-refractivity contribution < 1.29 is 14.2 Å². The van der Waals surface area contributed by atoms with E-state index in [2.05, 4.69) is 17.2 Å². The van der Waals surface area contributed by atoms with Gasteiger partial charge in [-0.15, -0.1) is 0 Å². The Morgan fingerprint density at radius 3 is 2.41 bits per heavy atom. The van der Waals surface area contributed by atoms with Crippen LogP contribution in [0.4, 0.5) is 0 Å². The Labute approximate surface area is 161 Å². The number of guanidine groups is 1. The molecule has 6 nitrogen and oxygen atoms in total. The number of benzene rings is 2. The molecule has 0 spiro atoms. The van der Waals surface area contributed by atoms with Crippen LogP contribution in [0.2, 0.25) is 0 Å². The van der Waals surface area contributed by atoms with Crippen molar-refractivity contribution in [3.63, 3.8) is 0 Å². The van der Waals surface area contributed by atoms with Crippen LogP contribution in [-0.4, -0.2) is 33.3 Å². The molecule has 0 saturated carbocycles. The third-order valence-electron chi connectivity index (χ3n) is 4.00. The van der Waals surface area contributed by atoms with Crippen LogP contribution in [-0.2, 0) is 13.0 Å². The number of hydrogen-bond donors (Lipinski definition) is 2. The normalized spacial score (nSPS) is 11.1. The van der Waals surface area contributed by atoms with Gasteiger partial charge in [-0.25, -0.2) is 4.99 Å². The van der Waals surface area contributed by atoms with E-state index in [1.54, 1.807) is 14.2 Å². The molecule has 0 heterocycles. The maximum Gasteiger partial charge on any atom is 0.188 e. The Morgan fingerprint density at radius 1 is 1.00 bits per heavy atom. The molecular formula is C21H29N3O3. The van der Waals surface area contributed by atoms with E-state index in [1.165, 1.54) is 5.56 Å². The van der Waals surface area contributed by atoms with Crippen LogP contribution in [0.25, 0.3) is 0 Å². The van der Waals surface area contributed by atoms with Crippen LogP contribution in [0.3, 0.4) is 0 Å². The van der Waals surface area contributed by atoms with Crippen molar-refractivity contribution in [1.29, 1.82) is 0 Å². The molecule has 146 valence electrons. The average Bonchev–Trinajstić information content (AvgIpc) is 2.71. The fraction of sp³-hybridized carbons (Fsp3) is 0.381. The molecule has 2 aromatic rings. The van der Waals surface area contributed by atoms with Gasteiger partial charge in [-0.3, -0.25) is 0 Å². The van der Waals surface area contributed by atoms with E-state index >= 15 is 0 Å². The maximum absolute atomic E-state index is 5.96. The van der Waals surface area contributed by atoms with Crippen molar-refractivity contribution in [3.05, 3.63) is 53.6 Å². The second kappa shape index (κ2) is 11.0. The molecule has 0 bridgehead atoms. The van der Waals surface area contributed by atoms with Crippen LogP contribution in [0.15, 0.2) is 47.5 Å². The third-order valence-corrected chi connectivity index (χ3v) is 4.00. The molecule has 0 aliphatic heterocycles. The van der Waals surface area contributed by atoms with Gasteiger partial charge in [0.2, 0.25) is 0 Å². The molecular weight excluding hydrogens is 342 g/mol. The third kappa shape index (κ3) is 6.73. The van der Waals surface area contributed by atoms with Gasteiger partial charge in [-0.1, -0.05) is 25.1 Å². The van der Waals surface area contributed by atoms with E-state index in [0.717, 1.165) is 36.4 Å². The lowest BCUT2D eigenvalue weighted by atomic mass is 10.1. The molecule has 3 N–H and O–H groups in total. The monoisotopic (exact) mass is 371 g/mol. The van der Waals surface area contributed by atoms with E-state index in [9.17, 15) is 0 Å². The quantitative estimate of drug-likeness (QED) is 0.495. The first-order valence-corrected chi connectivity index (χ1v) is 9.12. The zero-order valence-electron chi connectivity index (χ0n) is 16.3. The minimum absolute atomic E-state index is 0.425. The largest absolute Gasteiger partial charge is 0.497 e. The summed E-state index contributed by atoms with van der Waals surface area (Å²) in [6.45, 7) is 3.93. The summed E-state index contributed by atoms with van der Waals surface area (Å²) in [4.78, 5) is 4.39. The summed E-state index contributed by atoms with van der Waals surface area (Å²) in [6.07, 6.45) is 1.81. The summed E-state index contributed by atoms with van der Waals surface area (Å²) >= 11 is 0. The first kappa shape index (κ1) is 20.4. The first-order chi connectivity index (χ1) is 13.2. The molecule has 0 aromatic heterocycles. The van der Waals surface area contributed by atoms with Crippen LogP contribution < -0.4 is 25.3 Å². The summed E-state index contributed by atoms with van der Waals surface area (Å²) in [5.41, 5.74) is 8.18. The van der Waals surface area contributed by atoms with Gasteiger partial charge in [-0.2, -0.15) is 0 Å². The maximum atomic E-state index is 5.96. The smallest absolute Gasteiger partial charge is 0.188 e. The van der Waals surface area contributed by atoms with E-state index in [1.807, 2.05) is 42.5 Å². The van der Waals surface area contributed by atoms with Gasteiger partial charge in [0, 0.05) is 6.54 Å². The highest BCUT2D eigenvalue weighted by molar-refractivity contribution is 5.77. The lowest BCUT2D eigenvalue weighted by molar-refractivity contribution is 0.294.